The van der Waals surface area contributed by atoms with E-state index in [1.165, 1.54) is 32.1 Å². The SMILES string of the molecule is CCn1c(SCc2nc(-c3ccc(Br)cc3)no2)nnc1C1CCCCC1. The van der Waals surface area contributed by atoms with Crippen molar-refractivity contribution in [2.75, 3.05) is 0 Å². The maximum atomic E-state index is 5.42. The number of halogens is 1. The zero-order valence-electron chi connectivity index (χ0n) is 15.3. The van der Waals surface area contributed by atoms with E-state index in [4.69, 9.17) is 4.52 Å². The van der Waals surface area contributed by atoms with E-state index in [2.05, 4.69) is 47.8 Å². The summed E-state index contributed by atoms with van der Waals surface area (Å²) in [6.45, 7) is 3.03. The van der Waals surface area contributed by atoms with Gasteiger partial charge in [0.1, 0.15) is 5.82 Å². The van der Waals surface area contributed by atoms with E-state index in [9.17, 15) is 0 Å². The van der Waals surface area contributed by atoms with Gasteiger partial charge in [0.25, 0.3) is 0 Å². The minimum atomic E-state index is 0.549. The van der Waals surface area contributed by atoms with Crippen LogP contribution >= 0.6 is 27.7 Å². The van der Waals surface area contributed by atoms with E-state index < -0.39 is 0 Å². The molecule has 1 fully saturated rings. The third-order valence-electron chi connectivity index (χ3n) is 4.93. The van der Waals surface area contributed by atoms with Gasteiger partial charge in [0.05, 0.1) is 5.75 Å². The third-order valence-corrected chi connectivity index (χ3v) is 6.41. The largest absolute Gasteiger partial charge is 0.338 e. The zero-order chi connectivity index (χ0) is 18.6. The van der Waals surface area contributed by atoms with Gasteiger partial charge in [-0.05, 0) is 44.0 Å². The number of benzene rings is 1. The molecular formula is C19H22BrN5OS. The molecule has 0 unspecified atom stereocenters. The summed E-state index contributed by atoms with van der Waals surface area (Å²) in [7, 11) is 0. The number of aromatic nitrogens is 5. The molecule has 0 N–H and O–H groups in total. The maximum absolute atomic E-state index is 5.42. The van der Waals surface area contributed by atoms with Crippen LogP contribution in [-0.2, 0) is 12.3 Å². The maximum Gasteiger partial charge on any atom is 0.237 e. The minimum Gasteiger partial charge on any atom is -0.338 e. The normalized spacial score (nSPS) is 15.3. The molecule has 0 saturated heterocycles. The molecule has 1 aliphatic carbocycles. The highest BCUT2D eigenvalue weighted by Gasteiger charge is 2.23. The molecule has 4 rings (SSSR count). The molecule has 1 aliphatic rings. The zero-order valence-corrected chi connectivity index (χ0v) is 17.7. The number of thioether (sulfide) groups is 1. The van der Waals surface area contributed by atoms with Crippen molar-refractivity contribution >= 4 is 27.7 Å². The highest BCUT2D eigenvalue weighted by atomic mass is 79.9. The predicted molar refractivity (Wildman–Crippen MR) is 109 cm³/mol. The van der Waals surface area contributed by atoms with Crippen molar-refractivity contribution in [3.63, 3.8) is 0 Å². The van der Waals surface area contributed by atoms with Gasteiger partial charge in [-0.25, -0.2) is 0 Å². The first-order valence-corrected chi connectivity index (χ1v) is 11.2. The lowest BCUT2D eigenvalue weighted by Gasteiger charge is -2.21. The minimum absolute atomic E-state index is 0.549. The average Bonchev–Trinajstić information content (AvgIpc) is 3.34. The summed E-state index contributed by atoms with van der Waals surface area (Å²) in [6, 6.07) is 7.87. The monoisotopic (exact) mass is 447 g/mol. The predicted octanol–water partition coefficient (Wildman–Crippen LogP) is 5.45. The van der Waals surface area contributed by atoms with Gasteiger partial charge in [-0.3, -0.25) is 0 Å². The molecule has 0 atom stereocenters. The van der Waals surface area contributed by atoms with E-state index in [0.717, 1.165) is 27.6 Å². The Labute approximate surface area is 171 Å². The van der Waals surface area contributed by atoms with Crippen LogP contribution in [-0.4, -0.2) is 24.9 Å². The fourth-order valence-corrected chi connectivity index (χ4v) is 4.63. The summed E-state index contributed by atoms with van der Waals surface area (Å²) in [5.41, 5.74) is 0.939. The molecule has 142 valence electrons. The summed E-state index contributed by atoms with van der Waals surface area (Å²) in [4.78, 5) is 4.51. The van der Waals surface area contributed by atoms with E-state index in [0.29, 0.717) is 23.4 Å². The molecule has 0 radical (unpaired) electrons. The van der Waals surface area contributed by atoms with Gasteiger partial charge in [-0.2, -0.15) is 4.98 Å². The lowest BCUT2D eigenvalue weighted by atomic mass is 9.89. The quantitative estimate of drug-likeness (QED) is 0.467. The van der Waals surface area contributed by atoms with Gasteiger partial charge in [0.15, 0.2) is 5.16 Å². The van der Waals surface area contributed by atoms with Crippen LogP contribution in [0.2, 0.25) is 0 Å². The van der Waals surface area contributed by atoms with Gasteiger partial charge in [0, 0.05) is 22.5 Å². The van der Waals surface area contributed by atoms with Crippen molar-refractivity contribution in [3.05, 3.63) is 40.5 Å². The van der Waals surface area contributed by atoms with Crippen LogP contribution in [0, 0.1) is 0 Å². The van der Waals surface area contributed by atoms with Crippen LogP contribution in [0.1, 0.15) is 56.7 Å². The molecular weight excluding hydrogens is 426 g/mol. The van der Waals surface area contributed by atoms with E-state index in [-0.39, 0.29) is 0 Å². The van der Waals surface area contributed by atoms with Crippen molar-refractivity contribution in [1.82, 2.24) is 24.9 Å². The summed E-state index contributed by atoms with van der Waals surface area (Å²) < 4.78 is 8.69. The summed E-state index contributed by atoms with van der Waals surface area (Å²) >= 11 is 5.04. The molecule has 27 heavy (non-hydrogen) atoms. The standard InChI is InChI=1S/C19H22BrN5OS/c1-2-25-18(14-6-4-3-5-7-14)22-23-19(25)27-12-16-21-17(24-26-16)13-8-10-15(20)11-9-13/h8-11,14H,2-7,12H2,1H3. The average molecular weight is 448 g/mol. The Morgan fingerprint density at radius 1 is 1.15 bits per heavy atom. The van der Waals surface area contributed by atoms with Gasteiger partial charge >= 0.3 is 0 Å². The van der Waals surface area contributed by atoms with Crippen LogP contribution in [0.15, 0.2) is 38.4 Å². The molecule has 0 spiro atoms. The van der Waals surface area contributed by atoms with Crippen molar-refractivity contribution in [2.24, 2.45) is 0 Å². The highest BCUT2D eigenvalue weighted by Crippen LogP contribution is 2.33. The lowest BCUT2D eigenvalue weighted by Crippen LogP contribution is -2.12. The van der Waals surface area contributed by atoms with Crippen molar-refractivity contribution < 1.29 is 4.52 Å². The van der Waals surface area contributed by atoms with Gasteiger partial charge in [0.2, 0.25) is 11.7 Å². The molecule has 0 amide bonds. The summed E-state index contributed by atoms with van der Waals surface area (Å²) in [5.74, 6) is 3.49. The number of nitrogens with zero attached hydrogens (tertiary/aromatic N) is 5. The third kappa shape index (κ3) is 4.27. The molecule has 6 nitrogen and oxygen atoms in total. The van der Waals surface area contributed by atoms with Crippen molar-refractivity contribution in [2.45, 2.75) is 62.4 Å². The summed E-state index contributed by atoms with van der Waals surface area (Å²) in [5, 5.41) is 14.0. The molecule has 0 aliphatic heterocycles. The van der Waals surface area contributed by atoms with E-state index in [1.807, 2.05) is 24.3 Å². The number of rotatable bonds is 6. The Kier molecular flexibility index (Phi) is 5.92. The Balaban J connectivity index is 1.44. The second-order valence-electron chi connectivity index (χ2n) is 6.73. The van der Waals surface area contributed by atoms with E-state index in [1.54, 1.807) is 11.8 Å². The number of hydrogen-bond acceptors (Lipinski definition) is 6. The first-order valence-electron chi connectivity index (χ1n) is 9.39. The Morgan fingerprint density at radius 3 is 2.67 bits per heavy atom. The van der Waals surface area contributed by atoms with Crippen LogP contribution in [0.4, 0.5) is 0 Å². The molecule has 1 aromatic carbocycles. The lowest BCUT2D eigenvalue weighted by molar-refractivity contribution is 0.391. The molecule has 2 heterocycles. The van der Waals surface area contributed by atoms with E-state index >= 15 is 0 Å². The van der Waals surface area contributed by atoms with Crippen LogP contribution < -0.4 is 0 Å². The highest BCUT2D eigenvalue weighted by molar-refractivity contribution is 9.10. The fraction of sp³-hybridized carbons (Fsp3) is 0.474. The summed E-state index contributed by atoms with van der Waals surface area (Å²) in [6.07, 6.45) is 6.39. The second-order valence-corrected chi connectivity index (χ2v) is 8.59. The number of hydrogen-bond donors (Lipinski definition) is 0. The van der Waals surface area contributed by atoms with Gasteiger partial charge in [-0.15, -0.1) is 10.2 Å². The first kappa shape index (κ1) is 18.7. The van der Waals surface area contributed by atoms with Crippen LogP contribution in [0.3, 0.4) is 0 Å². The second kappa shape index (κ2) is 8.56. The first-order chi connectivity index (χ1) is 13.2. The van der Waals surface area contributed by atoms with Gasteiger partial charge in [-0.1, -0.05) is 52.1 Å². The molecule has 1 saturated carbocycles. The van der Waals surface area contributed by atoms with Crippen molar-refractivity contribution in [1.29, 1.82) is 0 Å². The molecule has 3 aromatic rings. The Morgan fingerprint density at radius 2 is 1.93 bits per heavy atom. The van der Waals surface area contributed by atoms with Crippen LogP contribution in [0.5, 0.6) is 0 Å². The molecule has 0 bridgehead atoms. The smallest absolute Gasteiger partial charge is 0.237 e. The van der Waals surface area contributed by atoms with Gasteiger partial charge < -0.3 is 9.09 Å². The molecule has 2 aromatic heterocycles. The van der Waals surface area contributed by atoms with Crippen LogP contribution in [0.25, 0.3) is 11.4 Å². The topological polar surface area (TPSA) is 69.6 Å². The Hall–Kier alpha value is -1.67. The van der Waals surface area contributed by atoms with Crippen molar-refractivity contribution in [3.8, 4) is 11.4 Å². The fourth-order valence-electron chi connectivity index (χ4n) is 3.52. The molecule has 8 heteroatoms. The Bertz CT molecular complexity index is 886.